The summed E-state index contributed by atoms with van der Waals surface area (Å²) < 4.78 is 5.03. The molecule has 1 aliphatic heterocycles. The molecule has 1 saturated heterocycles. The minimum atomic E-state index is -0.737. The highest BCUT2D eigenvalue weighted by Gasteiger charge is 2.36. The van der Waals surface area contributed by atoms with Gasteiger partial charge in [-0.2, -0.15) is 0 Å². The number of nitrogens with one attached hydrogen (secondary N) is 1. The fraction of sp³-hybridized carbons (Fsp3) is 0.185. The third-order valence-corrected chi connectivity index (χ3v) is 7.30. The van der Waals surface area contributed by atoms with E-state index in [1.54, 1.807) is 61.5 Å². The number of benzene rings is 3. The Balaban J connectivity index is 1.60. The minimum absolute atomic E-state index is 0.0286. The third kappa shape index (κ3) is 7.29. The van der Waals surface area contributed by atoms with Gasteiger partial charge in [-0.05, 0) is 67.1 Å². The fourth-order valence-corrected chi connectivity index (χ4v) is 5.36. The Morgan fingerprint density at radius 1 is 1.00 bits per heavy atom. The summed E-state index contributed by atoms with van der Waals surface area (Å²) in [4.78, 5) is 44.6. The summed E-state index contributed by atoms with van der Waals surface area (Å²) in [6.07, 6.45) is -0.0286. The number of thioether (sulfide) groups is 1. The van der Waals surface area contributed by atoms with Crippen molar-refractivity contribution in [1.82, 2.24) is 4.90 Å². The van der Waals surface area contributed by atoms with Gasteiger partial charge in [0.15, 0.2) is 5.17 Å². The first-order valence-corrected chi connectivity index (χ1v) is 13.6. The summed E-state index contributed by atoms with van der Waals surface area (Å²) in [6.45, 7) is 2.26. The van der Waals surface area contributed by atoms with E-state index >= 15 is 0 Å². The monoisotopic (exact) mass is 589 g/mol. The van der Waals surface area contributed by atoms with Crippen molar-refractivity contribution < 1.29 is 19.1 Å². The van der Waals surface area contributed by atoms with E-state index in [1.807, 2.05) is 12.1 Å². The number of anilines is 1. The average molecular weight is 591 g/mol. The molecule has 1 N–H and O–H groups in total. The molecule has 3 aromatic carbocycles. The van der Waals surface area contributed by atoms with E-state index in [4.69, 9.17) is 39.5 Å². The molecule has 1 atom stereocenters. The largest absolute Gasteiger partial charge is 0.462 e. The number of amides is 2. The highest BCUT2D eigenvalue weighted by atomic mass is 35.5. The number of aliphatic imine (C=N–C) groups is 1. The van der Waals surface area contributed by atoms with Crippen LogP contribution in [0.25, 0.3) is 0 Å². The summed E-state index contributed by atoms with van der Waals surface area (Å²) in [7, 11) is 0. The predicted octanol–water partition coefficient (Wildman–Crippen LogP) is 6.98. The summed E-state index contributed by atoms with van der Waals surface area (Å²) in [5.41, 5.74) is 2.18. The van der Waals surface area contributed by atoms with Crippen molar-refractivity contribution in [3.05, 3.63) is 92.9 Å². The number of hydrogen-bond donors (Lipinski definition) is 1. The summed E-state index contributed by atoms with van der Waals surface area (Å²) in [5, 5.41) is 3.73. The van der Waals surface area contributed by atoms with Crippen LogP contribution < -0.4 is 5.32 Å². The molecular formula is C27H22Cl3N3O4S. The number of carbonyl (C=O) groups excluding carboxylic acids is 3. The molecule has 3 aromatic rings. The molecule has 0 aliphatic carbocycles. The van der Waals surface area contributed by atoms with E-state index in [2.05, 4.69) is 10.3 Å². The number of amidine groups is 1. The molecule has 1 heterocycles. The number of rotatable bonds is 7. The lowest BCUT2D eigenvalue weighted by Crippen LogP contribution is -2.44. The molecule has 0 radical (unpaired) electrons. The molecule has 1 unspecified atom stereocenters. The van der Waals surface area contributed by atoms with Crippen molar-refractivity contribution in [2.24, 2.45) is 4.99 Å². The molecule has 0 saturated carbocycles. The Morgan fingerprint density at radius 2 is 1.66 bits per heavy atom. The lowest BCUT2D eigenvalue weighted by molar-refractivity contribution is -0.129. The molecule has 7 nitrogen and oxygen atoms in total. The van der Waals surface area contributed by atoms with E-state index in [9.17, 15) is 14.4 Å². The zero-order chi connectivity index (χ0) is 27.2. The van der Waals surface area contributed by atoms with Gasteiger partial charge in [0.1, 0.15) is 5.25 Å². The standard InChI is InChI=1S/C27H22Cl3N3O4S/c1-2-37-26(36)17-5-9-21(10-6-17)32-27-33(15-16-3-7-18(28)8-4-16)24(34)14-23(38-27)25(35)31-22-12-19(29)11-20(30)13-22/h3-13,23H,2,14-15H2,1H3,(H,31,35). The molecule has 196 valence electrons. The first-order valence-electron chi connectivity index (χ1n) is 11.6. The molecule has 2 amide bonds. The first kappa shape index (κ1) is 28.0. The van der Waals surface area contributed by atoms with Crippen molar-refractivity contribution in [2.75, 3.05) is 11.9 Å². The van der Waals surface area contributed by atoms with Gasteiger partial charge in [-0.15, -0.1) is 0 Å². The second kappa shape index (κ2) is 12.7. The summed E-state index contributed by atoms with van der Waals surface area (Å²) >= 11 is 19.3. The van der Waals surface area contributed by atoms with Crippen LogP contribution in [-0.2, 0) is 20.9 Å². The molecule has 0 spiro atoms. The first-order chi connectivity index (χ1) is 18.2. The van der Waals surface area contributed by atoms with Crippen LogP contribution in [0.2, 0.25) is 15.1 Å². The van der Waals surface area contributed by atoms with Crippen LogP contribution >= 0.6 is 46.6 Å². The fourth-order valence-electron chi connectivity index (χ4n) is 3.61. The molecule has 0 aromatic heterocycles. The van der Waals surface area contributed by atoms with Gasteiger partial charge in [0, 0.05) is 27.2 Å². The van der Waals surface area contributed by atoms with Crippen LogP contribution in [-0.4, -0.2) is 39.7 Å². The van der Waals surface area contributed by atoms with Gasteiger partial charge in [0.25, 0.3) is 0 Å². The maximum atomic E-state index is 13.3. The van der Waals surface area contributed by atoms with Crippen LogP contribution in [0.4, 0.5) is 11.4 Å². The molecule has 1 fully saturated rings. The van der Waals surface area contributed by atoms with Crippen molar-refractivity contribution in [3.63, 3.8) is 0 Å². The number of esters is 1. The van der Waals surface area contributed by atoms with E-state index in [1.165, 1.54) is 16.7 Å². The number of nitrogens with zero attached hydrogens (tertiary/aromatic N) is 2. The van der Waals surface area contributed by atoms with Gasteiger partial charge in [0.05, 0.1) is 24.4 Å². The van der Waals surface area contributed by atoms with Crippen LogP contribution in [0.1, 0.15) is 29.3 Å². The van der Waals surface area contributed by atoms with E-state index < -0.39 is 11.2 Å². The number of ether oxygens (including phenoxy) is 1. The van der Waals surface area contributed by atoms with E-state index in [-0.39, 0.29) is 31.4 Å². The lowest BCUT2D eigenvalue weighted by atomic mass is 10.2. The normalized spacial score (nSPS) is 16.4. The second-order valence-electron chi connectivity index (χ2n) is 8.23. The van der Waals surface area contributed by atoms with Crippen molar-refractivity contribution in [2.45, 2.75) is 25.1 Å². The van der Waals surface area contributed by atoms with Crippen LogP contribution in [0.5, 0.6) is 0 Å². The minimum Gasteiger partial charge on any atom is -0.462 e. The van der Waals surface area contributed by atoms with E-state index in [0.717, 1.165) is 5.56 Å². The Labute approximate surface area is 239 Å². The lowest BCUT2D eigenvalue weighted by Gasteiger charge is -2.32. The molecule has 1 aliphatic rings. The molecule has 0 bridgehead atoms. The molecule has 38 heavy (non-hydrogen) atoms. The van der Waals surface area contributed by atoms with Gasteiger partial charge in [-0.25, -0.2) is 9.79 Å². The molecule has 11 heteroatoms. The zero-order valence-corrected chi connectivity index (χ0v) is 23.2. The van der Waals surface area contributed by atoms with Gasteiger partial charge >= 0.3 is 5.97 Å². The SMILES string of the molecule is CCOC(=O)c1ccc(N=C2SC(C(=O)Nc3cc(Cl)cc(Cl)c3)CC(=O)N2Cc2ccc(Cl)cc2)cc1. The number of halogens is 3. The maximum absolute atomic E-state index is 13.3. The van der Waals surface area contributed by atoms with Crippen LogP contribution in [0.3, 0.4) is 0 Å². The van der Waals surface area contributed by atoms with Gasteiger partial charge in [-0.1, -0.05) is 58.7 Å². The van der Waals surface area contributed by atoms with Crippen LogP contribution in [0.15, 0.2) is 71.7 Å². The average Bonchev–Trinajstić information content (AvgIpc) is 2.87. The zero-order valence-electron chi connectivity index (χ0n) is 20.1. The number of carbonyl (C=O) groups is 3. The van der Waals surface area contributed by atoms with Gasteiger partial charge in [0.2, 0.25) is 11.8 Å². The predicted molar refractivity (Wildman–Crippen MR) is 153 cm³/mol. The Kier molecular flexibility index (Phi) is 9.33. The number of hydrogen-bond acceptors (Lipinski definition) is 6. The Hall–Kier alpha value is -3.04. The molecular weight excluding hydrogens is 569 g/mol. The van der Waals surface area contributed by atoms with Gasteiger partial charge in [-0.3, -0.25) is 14.5 Å². The highest BCUT2D eigenvalue weighted by Crippen LogP contribution is 2.32. The topological polar surface area (TPSA) is 88.1 Å². The second-order valence-corrected chi connectivity index (χ2v) is 10.7. The highest BCUT2D eigenvalue weighted by molar-refractivity contribution is 8.15. The Morgan fingerprint density at radius 3 is 2.29 bits per heavy atom. The quantitative estimate of drug-likeness (QED) is 0.300. The third-order valence-electron chi connectivity index (χ3n) is 5.42. The smallest absolute Gasteiger partial charge is 0.338 e. The molecule has 4 rings (SSSR count). The summed E-state index contributed by atoms with van der Waals surface area (Å²) in [5.74, 6) is -1.07. The summed E-state index contributed by atoms with van der Waals surface area (Å²) in [6, 6.07) is 18.4. The Bertz CT molecular complexity index is 1360. The maximum Gasteiger partial charge on any atom is 0.338 e. The van der Waals surface area contributed by atoms with Crippen molar-refractivity contribution in [1.29, 1.82) is 0 Å². The van der Waals surface area contributed by atoms with Crippen molar-refractivity contribution in [3.8, 4) is 0 Å². The van der Waals surface area contributed by atoms with Gasteiger partial charge < -0.3 is 10.1 Å². The van der Waals surface area contributed by atoms with Crippen molar-refractivity contribution >= 4 is 80.9 Å². The van der Waals surface area contributed by atoms with E-state index in [0.29, 0.717) is 37.2 Å². The van der Waals surface area contributed by atoms with Crippen LogP contribution in [0, 0.1) is 0 Å².